The van der Waals surface area contributed by atoms with E-state index in [9.17, 15) is 13.2 Å². The lowest BCUT2D eigenvalue weighted by molar-refractivity contribution is -0.138. The predicted molar refractivity (Wildman–Crippen MR) is 73.1 cm³/mol. The van der Waals surface area contributed by atoms with Crippen LogP contribution in [0.4, 0.5) is 13.2 Å². The van der Waals surface area contributed by atoms with E-state index in [1.165, 1.54) is 18.3 Å². The molecule has 0 fully saturated rings. The molecular formula is C14H8BrF3N2O. The molecule has 1 aromatic heterocycles. The molecule has 1 aromatic carbocycles. The maximum Gasteiger partial charge on any atom is 0.420 e. The zero-order valence-electron chi connectivity index (χ0n) is 10.5. The molecule has 0 aliphatic carbocycles. The maximum atomic E-state index is 13.0. The van der Waals surface area contributed by atoms with Gasteiger partial charge in [0.15, 0.2) is 0 Å². The standard InChI is InChI=1S/C14H8BrF3N2O/c15-6-10-2-4-13(20-8-10)21-12-3-1-9(7-19)5-11(12)14(16,17)18/h1-5,8H,6H2. The summed E-state index contributed by atoms with van der Waals surface area (Å²) in [5, 5.41) is 9.28. The van der Waals surface area contributed by atoms with E-state index in [1.54, 1.807) is 12.1 Å². The molecule has 7 heteroatoms. The number of pyridine rings is 1. The fourth-order valence-corrected chi connectivity index (χ4v) is 1.90. The molecule has 0 bridgehead atoms. The van der Waals surface area contributed by atoms with Gasteiger partial charge in [0, 0.05) is 17.6 Å². The first-order chi connectivity index (χ1) is 9.94. The van der Waals surface area contributed by atoms with E-state index < -0.39 is 11.7 Å². The van der Waals surface area contributed by atoms with Crippen LogP contribution in [0.25, 0.3) is 0 Å². The number of nitrogens with zero attached hydrogens (tertiary/aromatic N) is 2. The molecule has 0 N–H and O–H groups in total. The van der Waals surface area contributed by atoms with Crippen molar-refractivity contribution in [1.82, 2.24) is 4.98 Å². The molecule has 21 heavy (non-hydrogen) atoms. The quantitative estimate of drug-likeness (QED) is 0.751. The van der Waals surface area contributed by atoms with Crippen molar-refractivity contribution in [1.29, 1.82) is 5.26 Å². The Balaban J connectivity index is 2.36. The number of halogens is 4. The highest BCUT2D eigenvalue weighted by Gasteiger charge is 2.35. The Morgan fingerprint density at radius 3 is 2.52 bits per heavy atom. The number of benzene rings is 1. The first-order valence-corrected chi connectivity index (χ1v) is 6.86. The van der Waals surface area contributed by atoms with Crippen molar-refractivity contribution in [2.45, 2.75) is 11.5 Å². The number of nitriles is 1. The smallest absolute Gasteiger partial charge is 0.420 e. The SMILES string of the molecule is N#Cc1ccc(Oc2ccc(CBr)cn2)c(C(F)(F)F)c1. The topological polar surface area (TPSA) is 45.9 Å². The molecule has 0 unspecified atom stereocenters. The number of aromatic nitrogens is 1. The van der Waals surface area contributed by atoms with Gasteiger partial charge in [-0.25, -0.2) is 4.98 Å². The van der Waals surface area contributed by atoms with Crippen LogP contribution in [0.1, 0.15) is 16.7 Å². The summed E-state index contributed by atoms with van der Waals surface area (Å²) < 4.78 is 44.1. The van der Waals surface area contributed by atoms with Crippen molar-refractivity contribution in [3.05, 3.63) is 53.2 Å². The van der Waals surface area contributed by atoms with Gasteiger partial charge in [0.1, 0.15) is 5.75 Å². The molecule has 0 saturated heterocycles. The molecule has 2 aromatic rings. The second kappa shape index (κ2) is 6.14. The van der Waals surface area contributed by atoms with Crippen molar-refractivity contribution in [3.63, 3.8) is 0 Å². The maximum absolute atomic E-state index is 13.0. The minimum Gasteiger partial charge on any atom is -0.438 e. The third-order valence-corrected chi connectivity index (χ3v) is 3.23. The summed E-state index contributed by atoms with van der Waals surface area (Å²) in [5.41, 5.74) is -0.219. The van der Waals surface area contributed by atoms with Gasteiger partial charge >= 0.3 is 6.18 Å². The van der Waals surface area contributed by atoms with Crippen LogP contribution in [0, 0.1) is 11.3 Å². The van der Waals surface area contributed by atoms with Gasteiger partial charge in [-0.15, -0.1) is 0 Å². The third kappa shape index (κ3) is 3.73. The van der Waals surface area contributed by atoms with Crippen LogP contribution in [0.15, 0.2) is 36.5 Å². The van der Waals surface area contributed by atoms with E-state index in [4.69, 9.17) is 10.00 Å². The minimum atomic E-state index is -4.61. The van der Waals surface area contributed by atoms with Gasteiger partial charge in [0.05, 0.1) is 17.2 Å². The molecule has 0 spiro atoms. The van der Waals surface area contributed by atoms with Gasteiger partial charge in [-0.3, -0.25) is 0 Å². The first kappa shape index (κ1) is 15.3. The normalized spacial score (nSPS) is 11.0. The van der Waals surface area contributed by atoms with Gasteiger partial charge in [0.2, 0.25) is 5.88 Å². The van der Waals surface area contributed by atoms with E-state index in [1.807, 2.05) is 0 Å². The Morgan fingerprint density at radius 1 is 1.24 bits per heavy atom. The van der Waals surface area contributed by atoms with Crippen LogP contribution >= 0.6 is 15.9 Å². The Labute approximate surface area is 127 Å². The molecule has 108 valence electrons. The summed E-state index contributed by atoms with van der Waals surface area (Å²) in [6, 6.07) is 7.96. The van der Waals surface area contributed by atoms with Crippen LogP contribution in [-0.4, -0.2) is 4.98 Å². The lowest BCUT2D eigenvalue weighted by atomic mass is 10.1. The van der Waals surface area contributed by atoms with Gasteiger partial charge < -0.3 is 4.74 Å². The number of rotatable bonds is 3. The predicted octanol–water partition coefficient (Wildman–Crippen LogP) is 4.66. The minimum absolute atomic E-state index is 0.0508. The van der Waals surface area contributed by atoms with Gasteiger partial charge in [-0.05, 0) is 23.8 Å². The van der Waals surface area contributed by atoms with Crippen molar-refractivity contribution < 1.29 is 17.9 Å². The zero-order valence-corrected chi connectivity index (χ0v) is 12.1. The second-order valence-electron chi connectivity index (χ2n) is 4.06. The summed E-state index contributed by atoms with van der Waals surface area (Å²) in [6.07, 6.45) is -3.11. The number of alkyl halides is 4. The van der Waals surface area contributed by atoms with Crippen LogP contribution < -0.4 is 4.74 Å². The number of hydrogen-bond acceptors (Lipinski definition) is 3. The molecule has 0 atom stereocenters. The largest absolute Gasteiger partial charge is 0.438 e. The van der Waals surface area contributed by atoms with E-state index in [0.717, 1.165) is 17.7 Å². The lowest BCUT2D eigenvalue weighted by Crippen LogP contribution is -2.08. The second-order valence-corrected chi connectivity index (χ2v) is 4.62. The fraction of sp³-hybridized carbons (Fsp3) is 0.143. The molecule has 0 aliphatic rings. The number of ether oxygens (including phenoxy) is 1. The first-order valence-electron chi connectivity index (χ1n) is 5.74. The molecule has 0 saturated carbocycles. The van der Waals surface area contributed by atoms with Crippen molar-refractivity contribution in [2.75, 3.05) is 0 Å². The van der Waals surface area contributed by atoms with Crippen LogP contribution in [0.5, 0.6) is 11.6 Å². The van der Waals surface area contributed by atoms with Crippen molar-refractivity contribution in [3.8, 4) is 17.7 Å². The molecular weight excluding hydrogens is 349 g/mol. The van der Waals surface area contributed by atoms with Crippen LogP contribution in [0.3, 0.4) is 0 Å². The van der Waals surface area contributed by atoms with Gasteiger partial charge in [0.25, 0.3) is 0 Å². The Kier molecular flexibility index (Phi) is 4.48. The molecule has 2 rings (SSSR count). The Bertz CT molecular complexity index is 678. The van der Waals surface area contributed by atoms with Crippen molar-refractivity contribution in [2.24, 2.45) is 0 Å². The lowest BCUT2D eigenvalue weighted by Gasteiger charge is -2.13. The summed E-state index contributed by atoms with van der Waals surface area (Å²) in [5.74, 6) is -0.338. The van der Waals surface area contributed by atoms with E-state index in [-0.39, 0.29) is 17.2 Å². The Morgan fingerprint density at radius 2 is 2.00 bits per heavy atom. The summed E-state index contributed by atoms with van der Waals surface area (Å²) >= 11 is 3.24. The van der Waals surface area contributed by atoms with Crippen LogP contribution in [0.2, 0.25) is 0 Å². The summed E-state index contributed by atoms with van der Waals surface area (Å²) in [4.78, 5) is 3.93. The van der Waals surface area contributed by atoms with E-state index >= 15 is 0 Å². The highest BCUT2D eigenvalue weighted by molar-refractivity contribution is 9.08. The van der Waals surface area contributed by atoms with E-state index in [0.29, 0.717) is 5.33 Å². The van der Waals surface area contributed by atoms with Gasteiger partial charge in [-0.2, -0.15) is 18.4 Å². The molecule has 3 nitrogen and oxygen atoms in total. The molecule has 0 radical (unpaired) electrons. The monoisotopic (exact) mass is 356 g/mol. The zero-order chi connectivity index (χ0) is 15.5. The third-order valence-electron chi connectivity index (χ3n) is 2.58. The van der Waals surface area contributed by atoms with Crippen molar-refractivity contribution >= 4 is 15.9 Å². The highest BCUT2D eigenvalue weighted by atomic mass is 79.9. The molecule has 0 aliphatic heterocycles. The number of hydrogen-bond donors (Lipinski definition) is 0. The fourth-order valence-electron chi connectivity index (χ4n) is 1.57. The highest BCUT2D eigenvalue weighted by Crippen LogP contribution is 2.38. The van der Waals surface area contributed by atoms with Gasteiger partial charge in [-0.1, -0.05) is 22.0 Å². The summed E-state index contributed by atoms with van der Waals surface area (Å²) in [7, 11) is 0. The average Bonchev–Trinajstić information content (AvgIpc) is 2.47. The Hall–Kier alpha value is -2.07. The average molecular weight is 357 g/mol. The molecule has 1 heterocycles. The molecule has 0 amide bonds. The summed E-state index contributed by atoms with van der Waals surface area (Å²) in [6.45, 7) is 0. The van der Waals surface area contributed by atoms with E-state index in [2.05, 4.69) is 20.9 Å². The van der Waals surface area contributed by atoms with Crippen LogP contribution in [-0.2, 0) is 11.5 Å².